The van der Waals surface area contributed by atoms with E-state index in [0.29, 0.717) is 11.0 Å². The van der Waals surface area contributed by atoms with Gasteiger partial charge in [-0.3, -0.25) is 15.1 Å². The van der Waals surface area contributed by atoms with Gasteiger partial charge in [0.15, 0.2) is 5.75 Å². The zero-order valence-electron chi connectivity index (χ0n) is 10.3. The third-order valence-corrected chi connectivity index (χ3v) is 3.66. The standard InChI is InChI=1S/C13H10Br2N2O3/c14-6-9-1-4-13(12(5-9)17(18)19)20-8-11-3-2-10(15)7-16-11/h1-5,7H,6,8H2. The Morgan fingerprint density at radius 2 is 2.10 bits per heavy atom. The Morgan fingerprint density at radius 1 is 1.30 bits per heavy atom. The number of hydrogen-bond acceptors (Lipinski definition) is 4. The fourth-order valence-corrected chi connectivity index (χ4v) is 2.14. The number of hydrogen-bond donors (Lipinski definition) is 0. The van der Waals surface area contributed by atoms with Crippen molar-refractivity contribution in [2.24, 2.45) is 0 Å². The molecule has 0 bridgehead atoms. The molecule has 0 aliphatic heterocycles. The van der Waals surface area contributed by atoms with Crippen LogP contribution in [0.5, 0.6) is 5.75 Å². The number of aromatic nitrogens is 1. The summed E-state index contributed by atoms with van der Waals surface area (Å²) >= 11 is 6.56. The Hall–Kier alpha value is -1.47. The van der Waals surface area contributed by atoms with Crippen LogP contribution in [-0.2, 0) is 11.9 Å². The van der Waals surface area contributed by atoms with E-state index >= 15 is 0 Å². The summed E-state index contributed by atoms with van der Waals surface area (Å²) in [4.78, 5) is 14.7. The fourth-order valence-electron chi connectivity index (χ4n) is 1.55. The lowest BCUT2D eigenvalue weighted by Crippen LogP contribution is -2.01. The molecule has 2 rings (SSSR count). The Bertz CT molecular complexity index is 618. The highest BCUT2D eigenvalue weighted by atomic mass is 79.9. The number of pyridine rings is 1. The molecule has 5 nitrogen and oxygen atoms in total. The molecule has 2 aromatic rings. The molecule has 0 amide bonds. The van der Waals surface area contributed by atoms with Crippen molar-refractivity contribution in [3.63, 3.8) is 0 Å². The molecule has 0 spiro atoms. The molecule has 0 aliphatic rings. The van der Waals surface area contributed by atoms with E-state index in [-0.39, 0.29) is 18.0 Å². The van der Waals surface area contributed by atoms with Gasteiger partial charge in [-0.15, -0.1) is 0 Å². The first kappa shape index (κ1) is 14.9. The van der Waals surface area contributed by atoms with E-state index in [4.69, 9.17) is 4.74 Å². The average molecular weight is 402 g/mol. The number of alkyl halides is 1. The van der Waals surface area contributed by atoms with Crippen molar-refractivity contribution >= 4 is 37.5 Å². The molecule has 0 saturated heterocycles. The van der Waals surface area contributed by atoms with Gasteiger partial charge in [0.05, 0.1) is 10.6 Å². The van der Waals surface area contributed by atoms with Gasteiger partial charge in [-0.25, -0.2) is 0 Å². The normalized spacial score (nSPS) is 10.3. The van der Waals surface area contributed by atoms with Crippen molar-refractivity contribution in [3.8, 4) is 5.75 Å². The highest BCUT2D eigenvalue weighted by Crippen LogP contribution is 2.29. The molecule has 20 heavy (non-hydrogen) atoms. The number of ether oxygens (including phenoxy) is 1. The number of nitro benzene ring substituents is 1. The minimum absolute atomic E-state index is 0.0425. The SMILES string of the molecule is O=[N+]([O-])c1cc(CBr)ccc1OCc1ccc(Br)cn1. The van der Waals surface area contributed by atoms with Gasteiger partial charge in [0.1, 0.15) is 6.61 Å². The third-order valence-electron chi connectivity index (χ3n) is 2.54. The molecule has 0 fully saturated rings. The molecule has 104 valence electrons. The first-order chi connectivity index (χ1) is 9.60. The number of halogens is 2. The molecular formula is C13H10Br2N2O3. The van der Waals surface area contributed by atoms with Crippen molar-refractivity contribution in [1.29, 1.82) is 0 Å². The van der Waals surface area contributed by atoms with E-state index in [1.165, 1.54) is 6.07 Å². The maximum Gasteiger partial charge on any atom is 0.311 e. The van der Waals surface area contributed by atoms with E-state index in [1.54, 1.807) is 24.4 Å². The zero-order chi connectivity index (χ0) is 14.5. The van der Waals surface area contributed by atoms with Crippen molar-refractivity contribution in [1.82, 2.24) is 4.98 Å². The molecule has 0 N–H and O–H groups in total. The van der Waals surface area contributed by atoms with Gasteiger partial charge in [-0.2, -0.15) is 0 Å². The molecule has 0 aliphatic carbocycles. The minimum Gasteiger partial charge on any atom is -0.480 e. The summed E-state index contributed by atoms with van der Waals surface area (Å²) in [7, 11) is 0. The summed E-state index contributed by atoms with van der Waals surface area (Å²) in [6.07, 6.45) is 1.65. The summed E-state index contributed by atoms with van der Waals surface area (Å²) in [5.74, 6) is 0.240. The van der Waals surface area contributed by atoms with Gasteiger partial charge in [-0.1, -0.05) is 22.0 Å². The summed E-state index contributed by atoms with van der Waals surface area (Å²) in [5.41, 5.74) is 1.48. The predicted molar refractivity (Wildman–Crippen MR) is 82.0 cm³/mol. The molecule has 1 aromatic heterocycles. The Labute approximate surface area is 132 Å². The van der Waals surface area contributed by atoms with Gasteiger partial charge in [0.2, 0.25) is 0 Å². The topological polar surface area (TPSA) is 65.3 Å². The van der Waals surface area contributed by atoms with Crippen LogP contribution in [0.3, 0.4) is 0 Å². The molecule has 0 radical (unpaired) electrons. The van der Waals surface area contributed by atoms with Crippen LogP contribution in [0.25, 0.3) is 0 Å². The number of nitro groups is 1. The van der Waals surface area contributed by atoms with Crippen LogP contribution in [0.15, 0.2) is 41.0 Å². The zero-order valence-corrected chi connectivity index (χ0v) is 13.4. The van der Waals surface area contributed by atoms with Crippen molar-refractivity contribution in [3.05, 3.63) is 62.4 Å². The second-order valence-corrected chi connectivity index (χ2v) is 5.43. The van der Waals surface area contributed by atoms with E-state index in [9.17, 15) is 10.1 Å². The highest BCUT2D eigenvalue weighted by molar-refractivity contribution is 9.10. The smallest absolute Gasteiger partial charge is 0.311 e. The van der Waals surface area contributed by atoms with E-state index < -0.39 is 4.92 Å². The van der Waals surface area contributed by atoms with Gasteiger partial charge in [0, 0.05) is 22.1 Å². The maximum absolute atomic E-state index is 11.0. The van der Waals surface area contributed by atoms with Gasteiger partial charge < -0.3 is 4.74 Å². The van der Waals surface area contributed by atoms with Crippen LogP contribution in [0.1, 0.15) is 11.3 Å². The quantitative estimate of drug-likeness (QED) is 0.427. The van der Waals surface area contributed by atoms with Crippen LogP contribution in [0.2, 0.25) is 0 Å². The molecule has 7 heteroatoms. The molecule has 0 atom stereocenters. The van der Waals surface area contributed by atoms with E-state index in [2.05, 4.69) is 36.8 Å². The van der Waals surface area contributed by atoms with Crippen molar-refractivity contribution < 1.29 is 9.66 Å². The molecule has 0 saturated carbocycles. The summed E-state index contributed by atoms with van der Waals surface area (Å²) in [6.45, 7) is 0.182. The van der Waals surface area contributed by atoms with Crippen LogP contribution in [0.4, 0.5) is 5.69 Å². The Morgan fingerprint density at radius 3 is 2.70 bits per heavy atom. The lowest BCUT2D eigenvalue weighted by Gasteiger charge is -2.07. The maximum atomic E-state index is 11.0. The first-order valence-electron chi connectivity index (χ1n) is 5.66. The van der Waals surface area contributed by atoms with Crippen molar-refractivity contribution in [2.45, 2.75) is 11.9 Å². The lowest BCUT2D eigenvalue weighted by molar-refractivity contribution is -0.386. The molecular weight excluding hydrogens is 392 g/mol. The van der Waals surface area contributed by atoms with Crippen LogP contribution >= 0.6 is 31.9 Å². The Kier molecular flexibility index (Phi) is 5.08. The predicted octanol–water partition coefficient (Wildman–Crippen LogP) is 4.23. The van der Waals surface area contributed by atoms with Crippen LogP contribution in [0, 0.1) is 10.1 Å². The van der Waals surface area contributed by atoms with E-state index in [0.717, 1.165) is 10.0 Å². The summed E-state index contributed by atoms with van der Waals surface area (Å²) < 4.78 is 6.36. The van der Waals surface area contributed by atoms with Gasteiger partial charge in [-0.05, 0) is 39.7 Å². The monoisotopic (exact) mass is 400 g/mol. The van der Waals surface area contributed by atoms with Crippen molar-refractivity contribution in [2.75, 3.05) is 0 Å². The van der Waals surface area contributed by atoms with Gasteiger partial charge in [0.25, 0.3) is 0 Å². The number of rotatable bonds is 5. The Balaban J connectivity index is 2.16. The highest BCUT2D eigenvalue weighted by Gasteiger charge is 2.16. The fraction of sp³-hybridized carbons (Fsp3) is 0.154. The second-order valence-electron chi connectivity index (χ2n) is 3.95. The summed E-state index contributed by atoms with van der Waals surface area (Å²) in [5, 5.41) is 11.6. The van der Waals surface area contributed by atoms with Crippen LogP contribution in [-0.4, -0.2) is 9.91 Å². The first-order valence-corrected chi connectivity index (χ1v) is 7.58. The molecule has 1 heterocycles. The summed E-state index contributed by atoms with van der Waals surface area (Å²) in [6, 6.07) is 8.52. The average Bonchev–Trinajstić information content (AvgIpc) is 2.46. The molecule has 1 aromatic carbocycles. The number of nitrogens with zero attached hydrogens (tertiary/aromatic N) is 2. The molecule has 0 unspecified atom stereocenters. The largest absolute Gasteiger partial charge is 0.480 e. The van der Waals surface area contributed by atoms with Crippen LogP contribution < -0.4 is 4.74 Å². The lowest BCUT2D eigenvalue weighted by atomic mass is 10.2. The minimum atomic E-state index is -0.448. The second kappa shape index (κ2) is 6.81. The number of benzene rings is 1. The third kappa shape index (κ3) is 3.77. The van der Waals surface area contributed by atoms with E-state index in [1.807, 2.05) is 6.07 Å². The van der Waals surface area contributed by atoms with Gasteiger partial charge >= 0.3 is 5.69 Å².